The van der Waals surface area contributed by atoms with Crippen molar-refractivity contribution in [2.24, 2.45) is 0 Å². The minimum absolute atomic E-state index is 0.228. The first-order valence-corrected chi connectivity index (χ1v) is 15.2. The fraction of sp³-hybridized carbons (Fsp3) is 0.0769. The summed E-state index contributed by atoms with van der Waals surface area (Å²) in [6.07, 6.45) is 2.12. The van der Waals surface area contributed by atoms with Gasteiger partial charge in [0.05, 0.1) is 9.79 Å². The Labute approximate surface area is 262 Å². The van der Waals surface area contributed by atoms with Crippen molar-refractivity contribution in [1.82, 2.24) is 0 Å². The van der Waals surface area contributed by atoms with Crippen LogP contribution in [0.25, 0.3) is 0 Å². The molecule has 0 aromatic heterocycles. The molecule has 6 aromatic rings. The minimum atomic E-state index is 0.228. The Balaban J connectivity index is 0.000000215. The topological polar surface area (TPSA) is 80.9 Å². The van der Waals surface area contributed by atoms with Crippen molar-refractivity contribution in [2.45, 2.75) is 29.1 Å². The molecule has 0 aliphatic heterocycles. The molecule has 0 unspecified atom stereocenters. The zero-order chi connectivity index (χ0) is 30.7. The van der Waals surface area contributed by atoms with Gasteiger partial charge in [0.1, 0.15) is 23.0 Å². The summed E-state index contributed by atoms with van der Waals surface area (Å²) in [5.74, 6) is 0.973. The maximum Gasteiger partial charge on any atom is 0.129 e. The summed E-state index contributed by atoms with van der Waals surface area (Å²) in [7, 11) is 0. The molecule has 0 fully saturated rings. The second-order valence-corrected chi connectivity index (χ2v) is 11.5. The Morgan fingerprint density at radius 2 is 0.727 bits per heavy atom. The summed E-state index contributed by atoms with van der Waals surface area (Å²) < 4.78 is 0. The SMILES string of the molecule is Oc1ccc(Cc2ccccc2)cc1Cc1cc(Cc2ccccc2)ccc1O.Oc1ccccc1Sc1ccccc1O. The summed E-state index contributed by atoms with van der Waals surface area (Å²) in [4.78, 5) is 1.47. The number of para-hydroxylation sites is 2. The molecule has 0 amide bonds. The van der Waals surface area contributed by atoms with Gasteiger partial charge in [-0.2, -0.15) is 0 Å². The second-order valence-electron chi connectivity index (χ2n) is 10.5. The van der Waals surface area contributed by atoms with E-state index in [1.807, 2.05) is 84.9 Å². The van der Waals surface area contributed by atoms with Crippen molar-refractivity contribution in [3.05, 3.63) is 179 Å². The van der Waals surface area contributed by atoms with Crippen LogP contribution in [0.4, 0.5) is 0 Å². The van der Waals surface area contributed by atoms with Crippen LogP contribution in [0.5, 0.6) is 23.0 Å². The quantitative estimate of drug-likeness (QED) is 0.141. The van der Waals surface area contributed by atoms with E-state index in [9.17, 15) is 20.4 Å². The second kappa shape index (κ2) is 14.9. The van der Waals surface area contributed by atoms with Gasteiger partial charge in [-0.05, 0) is 82.6 Å². The van der Waals surface area contributed by atoms with Crippen LogP contribution in [0, 0.1) is 0 Å². The van der Waals surface area contributed by atoms with Gasteiger partial charge in [0, 0.05) is 6.42 Å². The van der Waals surface area contributed by atoms with E-state index in [-0.39, 0.29) is 23.0 Å². The first kappa shape index (κ1) is 30.3. The largest absolute Gasteiger partial charge is 0.508 e. The molecule has 0 aliphatic carbocycles. The Kier molecular flexibility index (Phi) is 10.2. The summed E-state index contributed by atoms with van der Waals surface area (Å²) in [6, 6.07) is 46.2. The van der Waals surface area contributed by atoms with Crippen LogP contribution < -0.4 is 0 Å². The molecule has 0 spiro atoms. The Morgan fingerprint density at radius 3 is 1.14 bits per heavy atom. The van der Waals surface area contributed by atoms with E-state index in [4.69, 9.17) is 0 Å². The summed E-state index contributed by atoms with van der Waals surface area (Å²) >= 11 is 1.34. The average Bonchev–Trinajstić information content (AvgIpc) is 3.04. The van der Waals surface area contributed by atoms with E-state index in [1.54, 1.807) is 36.4 Å². The van der Waals surface area contributed by atoms with Crippen molar-refractivity contribution in [1.29, 1.82) is 0 Å². The molecular weight excluding hydrogens is 564 g/mol. The molecule has 5 heteroatoms. The highest BCUT2D eigenvalue weighted by molar-refractivity contribution is 7.99. The first-order valence-electron chi connectivity index (χ1n) is 14.4. The lowest BCUT2D eigenvalue weighted by Gasteiger charge is -2.11. The maximum atomic E-state index is 10.4. The normalized spacial score (nSPS) is 10.5. The van der Waals surface area contributed by atoms with Gasteiger partial charge in [0.25, 0.3) is 0 Å². The highest BCUT2D eigenvalue weighted by atomic mass is 32.2. The molecule has 0 saturated heterocycles. The van der Waals surface area contributed by atoms with Crippen molar-refractivity contribution >= 4 is 11.8 Å². The molecule has 6 rings (SSSR count). The molecule has 4 nitrogen and oxygen atoms in total. The van der Waals surface area contributed by atoms with Gasteiger partial charge in [0.2, 0.25) is 0 Å². The standard InChI is InChI=1S/C27H24O2.C12H10O2S/c28-26-13-11-22(15-20-7-3-1-4-8-20)17-24(26)19-25-18-23(12-14-27(25)29)16-21-9-5-2-6-10-21;13-9-5-1-3-7-11(9)15-12-8-4-2-6-10(12)14/h1-14,17-18,28-29H,15-16,19H2;1-8,13-14H. The molecule has 0 aliphatic rings. The molecule has 44 heavy (non-hydrogen) atoms. The van der Waals surface area contributed by atoms with Gasteiger partial charge < -0.3 is 20.4 Å². The molecule has 0 heterocycles. The molecular formula is C39H34O4S. The highest BCUT2D eigenvalue weighted by Crippen LogP contribution is 2.38. The molecule has 0 bridgehead atoms. The number of phenolic OH excluding ortho intramolecular Hbond substituents is 4. The van der Waals surface area contributed by atoms with Crippen LogP contribution >= 0.6 is 11.8 Å². The smallest absolute Gasteiger partial charge is 0.129 e. The Hall–Kier alpha value is -5.13. The third-order valence-corrected chi connectivity index (χ3v) is 8.25. The van der Waals surface area contributed by atoms with E-state index in [1.165, 1.54) is 22.9 Å². The van der Waals surface area contributed by atoms with Crippen molar-refractivity contribution < 1.29 is 20.4 Å². The molecule has 4 N–H and O–H groups in total. The number of hydrogen-bond acceptors (Lipinski definition) is 5. The summed E-state index contributed by atoms with van der Waals surface area (Å²) in [5, 5.41) is 39.9. The van der Waals surface area contributed by atoms with Crippen LogP contribution in [0.2, 0.25) is 0 Å². The lowest BCUT2D eigenvalue weighted by Crippen LogP contribution is -1.96. The predicted molar refractivity (Wildman–Crippen MR) is 178 cm³/mol. The van der Waals surface area contributed by atoms with Gasteiger partial charge >= 0.3 is 0 Å². The number of phenols is 4. The van der Waals surface area contributed by atoms with Crippen LogP contribution in [-0.2, 0) is 19.3 Å². The first-order chi connectivity index (χ1) is 21.4. The molecule has 0 radical (unpaired) electrons. The van der Waals surface area contributed by atoms with Crippen molar-refractivity contribution in [2.75, 3.05) is 0 Å². The molecule has 0 saturated carbocycles. The zero-order valence-corrected chi connectivity index (χ0v) is 25.0. The van der Waals surface area contributed by atoms with E-state index < -0.39 is 0 Å². The summed E-state index contributed by atoms with van der Waals surface area (Å²) in [5.41, 5.74) is 6.40. The number of hydrogen-bond donors (Lipinski definition) is 4. The fourth-order valence-corrected chi connectivity index (χ4v) is 5.73. The Morgan fingerprint density at radius 1 is 0.341 bits per heavy atom. The van der Waals surface area contributed by atoms with Gasteiger partial charge in [-0.1, -0.05) is 121 Å². The number of aromatic hydroxyl groups is 4. The van der Waals surface area contributed by atoms with Crippen LogP contribution in [-0.4, -0.2) is 20.4 Å². The minimum Gasteiger partial charge on any atom is -0.508 e. The van der Waals surface area contributed by atoms with Gasteiger partial charge in [0.15, 0.2) is 0 Å². The third kappa shape index (κ3) is 8.46. The molecule has 0 atom stereocenters. The van der Waals surface area contributed by atoms with Crippen LogP contribution in [0.1, 0.15) is 33.4 Å². The maximum absolute atomic E-state index is 10.4. The lowest BCUT2D eigenvalue weighted by molar-refractivity contribution is 0.459. The van der Waals surface area contributed by atoms with E-state index in [2.05, 4.69) is 24.3 Å². The monoisotopic (exact) mass is 598 g/mol. The third-order valence-electron chi connectivity index (χ3n) is 7.12. The van der Waals surface area contributed by atoms with Crippen LogP contribution in [0.15, 0.2) is 155 Å². The average molecular weight is 599 g/mol. The van der Waals surface area contributed by atoms with Crippen LogP contribution in [0.3, 0.4) is 0 Å². The number of benzene rings is 6. The van der Waals surface area contributed by atoms with E-state index in [0.29, 0.717) is 6.42 Å². The van der Waals surface area contributed by atoms with Crippen molar-refractivity contribution in [3.8, 4) is 23.0 Å². The zero-order valence-electron chi connectivity index (χ0n) is 24.2. The van der Waals surface area contributed by atoms with E-state index in [0.717, 1.165) is 44.9 Å². The lowest BCUT2D eigenvalue weighted by atomic mass is 9.96. The predicted octanol–water partition coefficient (Wildman–Crippen LogP) is 9.12. The van der Waals surface area contributed by atoms with Crippen molar-refractivity contribution in [3.63, 3.8) is 0 Å². The highest BCUT2D eigenvalue weighted by Gasteiger charge is 2.10. The van der Waals surface area contributed by atoms with E-state index >= 15 is 0 Å². The fourth-order valence-electron chi connectivity index (χ4n) is 4.85. The van der Waals surface area contributed by atoms with Gasteiger partial charge in [-0.3, -0.25) is 0 Å². The number of rotatable bonds is 8. The van der Waals surface area contributed by atoms with Gasteiger partial charge in [-0.15, -0.1) is 0 Å². The van der Waals surface area contributed by atoms with Gasteiger partial charge in [-0.25, -0.2) is 0 Å². The molecule has 6 aromatic carbocycles. The molecule has 220 valence electrons. The summed E-state index contributed by atoms with van der Waals surface area (Å²) in [6.45, 7) is 0. The Bertz CT molecular complexity index is 1670.